The van der Waals surface area contributed by atoms with Crippen molar-refractivity contribution in [2.75, 3.05) is 0 Å². The summed E-state index contributed by atoms with van der Waals surface area (Å²) in [6.07, 6.45) is 2.09. The van der Waals surface area contributed by atoms with Gasteiger partial charge in [-0.2, -0.15) is 0 Å². The Morgan fingerprint density at radius 2 is 2.00 bits per heavy atom. The molecule has 1 aliphatic rings. The smallest absolute Gasteiger partial charge is 0.234 e. The fourth-order valence-electron chi connectivity index (χ4n) is 2.40. The summed E-state index contributed by atoms with van der Waals surface area (Å²) in [4.78, 5) is 12.4. The molecule has 0 aromatic heterocycles. The maximum Gasteiger partial charge on any atom is 0.234 e. The monoisotopic (exact) mass is 262 g/mol. The van der Waals surface area contributed by atoms with Crippen LogP contribution in [0.4, 0.5) is 0 Å². The Bertz CT molecular complexity index is 440. The summed E-state index contributed by atoms with van der Waals surface area (Å²) in [5, 5.41) is 3.02. The minimum absolute atomic E-state index is 0.0781. The van der Waals surface area contributed by atoms with Crippen LogP contribution in [0, 0.1) is 5.92 Å². The third-order valence-corrected chi connectivity index (χ3v) is 3.64. The van der Waals surface area contributed by atoms with Gasteiger partial charge in [-0.25, -0.2) is 0 Å². The molecule has 1 aromatic rings. The average Bonchev–Trinajstić information content (AvgIpc) is 2.28. The fourth-order valence-corrected chi connectivity index (χ4v) is 2.64. The van der Waals surface area contributed by atoms with E-state index in [1.54, 1.807) is 0 Å². The van der Waals surface area contributed by atoms with Crippen LogP contribution in [0.3, 0.4) is 0 Å². The first-order valence-corrected chi connectivity index (χ1v) is 6.63. The molecule has 1 amide bonds. The topological polar surface area (TPSA) is 55.1 Å². The van der Waals surface area contributed by atoms with Gasteiger partial charge in [-0.3, -0.25) is 4.79 Å². The standard InChI is InChI=1S/C14H18N2OS/c1-9-7-11(8-9)16-14(17)12(13(15)18)10-5-3-2-4-6-10/h2-6,9,11-12H,7-8H2,1H3,(H2,15,18)(H,16,17). The summed E-state index contributed by atoms with van der Waals surface area (Å²) in [6, 6.07) is 9.73. The number of nitrogens with one attached hydrogen (secondary N) is 1. The Morgan fingerprint density at radius 3 is 2.50 bits per heavy atom. The van der Waals surface area contributed by atoms with E-state index in [0.29, 0.717) is 5.92 Å². The highest BCUT2D eigenvalue weighted by Crippen LogP contribution is 2.27. The lowest BCUT2D eigenvalue weighted by Crippen LogP contribution is -2.47. The summed E-state index contributed by atoms with van der Waals surface area (Å²) in [6.45, 7) is 2.19. The Labute approximate surface area is 113 Å². The molecule has 1 saturated carbocycles. The number of thiocarbonyl (C=S) groups is 1. The van der Waals surface area contributed by atoms with Crippen molar-refractivity contribution in [3.05, 3.63) is 35.9 Å². The highest BCUT2D eigenvalue weighted by molar-refractivity contribution is 7.80. The minimum atomic E-state index is -0.517. The summed E-state index contributed by atoms with van der Waals surface area (Å²) in [7, 11) is 0. The Balaban J connectivity index is 2.06. The first-order chi connectivity index (χ1) is 8.58. The third-order valence-electron chi connectivity index (χ3n) is 3.40. The summed E-state index contributed by atoms with van der Waals surface area (Å²) in [5.74, 6) is 0.109. The van der Waals surface area contributed by atoms with E-state index in [-0.39, 0.29) is 16.9 Å². The minimum Gasteiger partial charge on any atom is -0.392 e. The van der Waals surface area contributed by atoms with Gasteiger partial charge < -0.3 is 11.1 Å². The number of benzene rings is 1. The second kappa shape index (κ2) is 5.48. The molecule has 0 bridgehead atoms. The molecule has 1 aliphatic carbocycles. The largest absolute Gasteiger partial charge is 0.392 e. The van der Waals surface area contributed by atoms with E-state index in [9.17, 15) is 4.79 Å². The van der Waals surface area contributed by atoms with Gasteiger partial charge in [0, 0.05) is 6.04 Å². The van der Waals surface area contributed by atoms with E-state index >= 15 is 0 Å². The lowest BCUT2D eigenvalue weighted by Gasteiger charge is -2.34. The lowest BCUT2D eigenvalue weighted by atomic mass is 9.81. The Hall–Kier alpha value is -1.42. The lowest BCUT2D eigenvalue weighted by molar-refractivity contribution is -0.122. The maximum atomic E-state index is 12.2. The molecule has 3 N–H and O–H groups in total. The van der Waals surface area contributed by atoms with Crippen molar-refractivity contribution in [1.82, 2.24) is 5.32 Å². The van der Waals surface area contributed by atoms with E-state index in [1.165, 1.54) is 0 Å². The van der Waals surface area contributed by atoms with Gasteiger partial charge in [-0.1, -0.05) is 49.5 Å². The van der Waals surface area contributed by atoms with Crippen LogP contribution in [-0.2, 0) is 4.79 Å². The number of nitrogens with two attached hydrogens (primary N) is 1. The number of hydrogen-bond donors (Lipinski definition) is 2. The highest BCUT2D eigenvalue weighted by atomic mass is 32.1. The number of rotatable bonds is 4. The Morgan fingerprint density at radius 1 is 1.39 bits per heavy atom. The molecule has 4 heteroatoms. The van der Waals surface area contributed by atoms with Gasteiger partial charge in [-0.05, 0) is 24.3 Å². The van der Waals surface area contributed by atoms with Crippen molar-refractivity contribution in [2.45, 2.75) is 31.7 Å². The number of carbonyl (C=O) groups excluding carboxylic acids is 1. The van der Waals surface area contributed by atoms with Crippen LogP contribution in [0.2, 0.25) is 0 Å². The first-order valence-electron chi connectivity index (χ1n) is 6.22. The second-order valence-electron chi connectivity index (χ2n) is 5.03. The van der Waals surface area contributed by atoms with Gasteiger partial charge in [0.05, 0.1) is 4.99 Å². The summed E-state index contributed by atoms with van der Waals surface area (Å²) >= 11 is 5.02. The quantitative estimate of drug-likeness (QED) is 0.816. The average molecular weight is 262 g/mol. The molecular formula is C14H18N2OS. The molecule has 0 radical (unpaired) electrons. The van der Waals surface area contributed by atoms with Crippen molar-refractivity contribution in [1.29, 1.82) is 0 Å². The zero-order chi connectivity index (χ0) is 13.1. The zero-order valence-corrected chi connectivity index (χ0v) is 11.2. The number of amides is 1. The van der Waals surface area contributed by atoms with Gasteiger partial charge in [0.25, 0.3) is 0 Å². The van der Waals surface area contributed by atoms with Crippen molar-refractivity contribution in [2.24, 2.45) is 11.7 Å². The summed E-state index contributed by atoms with van der Waals surface area (Å²) < 4.78 is 0. The van der Waals surface area contributed by atoms with Crippen molar-refractivity contribution in [3.63, 3.8) is 0 Å². The van der Waals surface area contributed by atoms with E-state index in [2.05, 4.69) is 12.2 Å². The van der Waals surface area contributed by atoms with E-state index in [0.717, 1.165) is 18.4 Å². The molecular weight excluding hydrogens is 244 g/mol. The van der Waals surface area contributed by atoms with Crippen molar-refractivity contribution in [3.8, 4) is 0 Å². The van der Waals surface area contributed by atoms with Gasteiger partial charge in [0.2, 0.25) is 5.91 Å². The van der Waals surface area contributed by atoms with Gasteiger partial charge in [-0.15, -0.1) is 0 Å². The molecule has 0 aliphatic heterocycles. The van der Waals surface area contributed by atoms with Crippen molar-refractivity contribution < 1.29 is 4.79 Å². The van der Waals surface area contributed by atoms with Crippen LogP contribution in [0.15, 0.2) is 30.3 Å². The van der Waals surface area contributed by atoms with Crippen LogP contribution in [0.25, 0.3) is 0 Å². The molecule has 0 heterocycles. The Kier molecular flexibility index (Phi) is 3.97. The molecule has 18 heavy (non-hydrogen) atoms. The second-order valence-corrected chi connectivity index (χ2v) is 5.50. The predicted octanol–water partition coefficient (Wildman–Crippen LogP) is 1.97. The van der Waals surface area contributed by atoms with Crippen LogP contribution >= 0.6 is 12.2 Å². The maximum absolute atomic E-state index is 12.2. The molecule has 1 aromatic carbocycles. The molecule has 96 valence electrons. The van der Waals surface area contributed by atoms with Gasteiger partial charge in [0.15, 0.2) is 0 Å². The van der Waals surface area contributed by atoms with Gasteiger partial charge in [0.1, 0.15) is 5.92 Å². The molecule has 0 saturated heterocycles. The first kappa shape index (κ1) is 13.0. The molecule has 1 unspecified atom stereocenters. The molecule has 1 atom stereocenters. The molecule has 1 fully saturated rings. The van der Waals surface area contributed by atoms with Crippen LogP contribution in [0.5, 0.6) is 0 Å². The molecule has 0 spiro atoms. The SMILES string of the molecule is CC1CC(NC(=O)C(C(N)=S)c2ccccc2)C1. The third kappa shape index (κ3) is 2.88. The van der Waals surface area contributed by atoms with E-state index in [4.69, 9.17) is 18.0 Å². The molecule has 3 nitrogen and oxygen atoms in total. The number of carbonyl (C=O) groups is 1. The van der Waals surface area contributed by atoms with Crippen LogP contribution < -0.4 is 11.1 Å². The fraction of sp³-hybridized carbons (Fsp3) is 0.429. The predicted molar refractivity (Wildman–Crippen MR) is 76.3 cm³/mol. The summed E-state index contributed by atoms with van der Waals surface area (Å²) in [5.41, 5.74) is 6.56. The normalized spacial score (nSPS) is 23.8. The van der Waals surface area contributed by atoms with Crippen molar-refractivity contribution >= 4 is 23.1 Å². The van der Waals surface area contributed by atoms with E-state index in [1.807, 2.05) is 30.3 Å². The molecule has 2 rings (SSSR count). The van der Waals surface area contributed by atoms with Crippen LogP contribution in [0.1, 0.15) is 31.2 Å². The van der Waals surface area contributed by atoms with E-state index < -0.39 is 5.92 Å². The van der Waals surface area contributed by atoms with Crippen LogP contribution in [-0.4, -0.2) is 16.9 Å². The van der Waals surface area contributed by atoms with Gasteiger partial charge >= 0.3 is 0 Å². The zero-order valence-electron chi connectivity index (χ0n) is 10.4. The number of hydrogen-bond acceptors (Lipinski definition) is 2. The highest BCUT2D eigenvalue weighted by Gasteiger charge is 2.30.